The van der Waals surface area contributed by atoms with E-state index in [1.165, 1.54) is 16.9 Å². The van der Waals surface area contributed by atoms with E-state index in [-0.39, 0.29) is 6.04 Å². The maximum atomic E-state index is 5.52. The van der Waals surface area contributed by atoms with Gasteiger partial charge in [0.2, 0.25) is 0 Å². The van der Waals surface area contributed by atoms with E-state index in [4.69, 9.17) is 4.74 Å². The maximum Gasteiger partial charge on any atom is 0.0673 e. The van der Waals surface area contributed by atoms with Gasteiger partial charge >= 0.3 is 0 Å². The normalized spacial score (nSPS) is 21.8. The quantitative estimate of drug-likeness (QED) is 0.902. The summed E-state index contributed by atoms with van der Waals surface area (Å²) in [6.07, 6.45) is 1.17. The molecule has 1 aliphatic heterocycles. The van der Waals surface area contributed by atoms with E-state index in [1.807, 2.05) is 11.3 Å². The van der Waals surface area contributed by atoms with Crippen LogP contribution in [-0.4, -0.2) is 19.3 Å². The highest BCUT2D eigenvalue weighted by molar-refractivity contribution is 7.10. The molecule has 3 atom stereocenters. The Kier molecular flexibility index (Phi) is 4.51. The highest BCUT2D eigenvalue weighted by Crippen LogP contribution is 2.28. The van der Waals surface area contributed by atoms with Gasteiger partial charge in [-0.15, -0.1) is 11.3 Å². The summed E-state index contributed by atoms with van der Waals surface area (Å²) in [7, 11) is 0. The van der Waals surface area contributed by atoms with E-state index < -0.39 is 0 Å². The lowest BCUT2D eigenvalue weighted by molar-refractivity contribution is 0.177. The van der Waals surface area contributed by atoms with Crippen LogP contribution in [0, 0.1) is 5.92 Å². The Morgan fingerprint density at radius 1 is 1.20 bits per heavy atom. The van der Waals surface area contributed by atoms with Crippen molar-refractivity contribution in [1.82, 2.24) is 5.32 Å². The van der Waals surface area contributed by atoms with Crippen LogP contribution >= 0.6 is 11.3 Å². The topological polar surface area (TPSA) is 21.3 Å². The molecule has 1 aromatic heterocycles. The van der Waals surface area contributed by atoms with Gasteiger partial charge in [-0.2, -0.15) is 0 Å². The number of nitrogens with one attached hydrogen (secondary N) is 1. The number of hydrogen-bond acceptors (Lipinski definition) is 3. The van der Waals surface area contributed by atoms with Gasteiger partial charge in [-0.25, -0.2) is 0 Å². The van der Waals surface area contributed by atoms with Crippen LogP contribution in [0.1, 0.15) is 29.8 Å². The molecule has 0 bridgehead atoms. The predicted molar refractivity (Wildman–Crippen MR) is 84.1 cm³/mol. The van der Waals surface area contributed by atoms with Gasteiger partial charge in [0, 0.05) is 17.5 Å². The van der Waals surface area contributed by atoms with Gasteiger partial charge in [0.05, 0.1) is 12.6 Å². The van der Waals surface area contributed by atoms with Crippen LogP contribution < -0.4 is 5.32 Å². The van der Waals surface area contributed by atoms with Crippen LogP contribution in [-0.2, 0) is 4.74 Å². The highest BCUT2D eigenvalue weighted by Gasteiger charge is 2.25. The summed E-state index contributed by atoms with van der Waals surface area (Å²) in [5.41, 5.74) is 1.33. The van der Waals surface area contributed by atoms with Crippen molar-refractivity contribution in [2.45, 2.75) is 25.4 Å². The zero-order valence-corrected chi connectivity index (χ0v) is 12.6. The average molecular weight is 287 g/mol. The number of thiophene rings is 1. The summed E-state index contributed by atoms with van der Waals surface area (Å²) in [5.74, 6) is 0.626. The van der Waals surface area contributed by atoms with Crippen molar-refractivity contribution >= 4 is 11.3 Å². The van der Waals surface area contributed by atoms with Crippen LogP contribution in [0.25, 0.3) is 0 Å². The Morgan fingerprint density at radius 3 is 2.70 bits per heavy atom. The third-order valence-corrected chi connectivity index (χ3v) is 5.00. The van der Waals surface area contributed by atoms with Gasteiger partial charge in [-0.05, 0) is 36.3 Å². The Morgan fingerprint density at radius 2 is 2.05 bits per heavy atom. The van der Waals surface area contributed by atoms with E-state index in [0.717, 1.165) is 13.2 Å². The molecule has 0 radical (unpaired) electrons. The molecule has 2 aromatic rings. The lowest BCUT2D eigenvalue weighted by atomic mass is 9.97. The molecule has 1 aromatic carbocycles. The third kappa shape index (κ3) is 3.11. The van der Waals surface area contributed by atoms with E-state index in [1.54, 1.807) is 0 Å². The van der Waals surface area contributed by atoms with Crippen molar-refractivity contribution in [1.29, 1.82) is 0 Å². The Hall–Kier alpha value is -1.16. The fraction of sp³-hybridized carbons (Fsp3) is 0.412. The van der Waals surface area contributed by atoms with Gasteiger partial charge in [-0.1, -0.05) is 36.4 Å². The minimum atomic E-state index is 0.284. The lowest BCUT2D eigenvalue weighted by Crippen LogP contribution is -2.36. The van der Waals surface area contributed by atoms with Gasteiger partial charge in [0.1, 0.15) is 0 Å². The van der Waals surface area contributed by atoms with E-state index in [2.05, 4.69) is 60.1 Å². The van der Waals surface area contributed by atoms with Crippen molar-refractivity contribution in [2.24, 2.45) is 5.92 Å². The predicted octanol–water partition coefficient (Wildman–Crippen LogP) is 3.85. The van der Waals surface area contributed by atoms with Gasteiger partial charge < -0.3 is 10.1 Å². The smallest absolute Gasteiger partial charge is 0.0673 e. The summed E-state index contributed by atoms with van der Waals surface area (Å²) in [6.45, 7) is 4.08. The zero-order valence-electron chi connectivity index (χ0n) is 11.8. The van der Waals surface area contributed by atoms with Crippen LogP contribution in [0.2, 0.25) is 0 Å². The zero-order chi connectivity index (χ0) is 13.8. The van der Waals surface area contributed by atoms with Crippen molar-refractivity contribution in [3.05, 3.63) is 58.3 Å². The second-order valence-corrected chi connectivity index (χ2v) is 6.42. The monoisotopic (exact) mass is 287 g/mol. The molecule has 3 heteroatoms. The molecule has 1 fully saturated rings. The minimum absolute atomic E-state index is 0.284. The maximum absolute atomic E-state index is 5.52. The largest absolute Gasteiger partial charge is 0.381 e. The molecule has 0 aliphatic carbocycles. The molecule has 2 nitrogen and oxygen atoms in total. The van der Waals surface area contributed by atoms with E-state index in [0.29, 0.717) is 12.0 Å². The van der Waals surface area contributed by atoms with E-state index >= 15 is 0 Å². The fourth-order valence-electron chi connectivity index (χ4n) is 2.79. The molecule has 106 valence electrons. The van der Waals surface area contributed by atoms with E-state index in [9.17, 15) is 0 Å². The number of benzene rings is 1. The molecule has 2 heterocycles. The summed E-state index contributed by atoms with van der Waals surface area (Å²) < 4.78 is 5.52. The number of rotatable bonds is 5. The summed E-state index contributed by atoms with van der Waals surface area (Å²) in [5, 5.41) is 5.96. The highest BCUT2D eigenvalue weighted by atomic mass is 32.1. The molecular formula is C17H21NOS. The summed E-state index contributed by atoms with van der Waals surface area (Å²) >= 11 is 1.82. The molecule has 1 N–H and O–H groups in total. The van der Waals surface area contributed by atoms with Crippen LogP contribution in [0.3, 0.4) is 0 Å². The Balaban J connectivity index is 1.79. The van der Waals surface area contributed by atoms with Crippen molar-refractivity contribution in [3.63, 3.8) is 0 Å². The summed E-state index contributed by atoms with van der Waals surface area (Å²) in [6, 6.07) is 15.8. The molecule has 3 unspecified atom stereocenters. The van der Waals surface area contributed by atoms with Crippen LogP contribution in [0.4, 0.5) is 0 Å². The Labute approximate surface area is 124 Å². The molecule has 0 spiro atoms. The van der Waals surface area contributed by atoms with Gasteiger partial charge in [0.15, 0.2) is 0 Å². The standard InChI is InChI=1S/C17H21NOS/c1-13(15-9-10-19-12-15)18-17(16-8-5-11-20-16)14-6-3-2-4-7-14/h2-8,11,13,15,17-18H,9-10,12H2,1H3. The first-order valence-electron chi connectivity index (χ1n) is 7.27. The molecular weight excluding hydrogens is 266 g/mol. The number of ether oxygens (including phenoxy) is 1. The van der Waals surface area contributed by atoms with Gasteiger partial charge in [0.25, 0.3) is 0 Å². The second kappa shape index (κ2) is 6.53. The molecule has 3 rings (SSSR count). The average Bonchev–Trinajstić information content (AvgIpc) is 3.18. The minimum Gasteiger partial charge on any atom is -0.381 e. The molecule has 1 saturated heterocycles. The first-order chi connectivity index (χ1) is 9.84. The summed E-state index contributed by atoms with van der Waals surface area (Å²) in [4.78, 5) is 1.38. The van der Waals surface area contributed by atoms with Crippen molar-refractivity contribution in [3.8, 4) is 0 Å². The van der Waals surface area contributed by atoms with Crippen LogP contribution in [0.5, 0.6) is 0 Å². The molecule has 20 heavy (non-hydrogen) atoms. The second-order valence-electron chi connectivity index (χ2n) is 5.44. The van der Waals surface area contributed by atoms with Crippen molar-refractivity contribution in [2.75, 3.05) is 13.2 Å². The third-order valence-electron chi connectivity index (χ3n) is 4.06. The lowest BCUT2D eigenvalue weighted by Gasteiger charge is -2.26. The first-order valence-corrected chi connectivity index (χ1v) is 8.14. The first kappa shape index (κ1) is 13.8. The molecule has 0 saturated carbocycles. The van der Waals surface area contributed by atoms with Gasteiger partial charge in [-0.3, -0.25) is 0 Å². The Bertz CT molecular complexity index is 505. The molecule has 0 amide bonds. The number of hydrogen-bond donors (Lipinski definition) is 1. The van der Waals surface area contributed by atoms with Crippen LogP contribution in [0.15, 0.2) is 47.8 Å². The molecule has 1 aliphatic rings. The van der Waals surface area contributed by atoms with Crippen molar-refractivity contribution < 1.29 is 4.74 Å². The SMILES string of the molecule is CC(NC(c1ccccc1)c1cccs1)C1CCOC1. The fourth-order valence-corrected chi connectivity index (χ4v) is 3.60.